The molecule has 0 aliphatic carbocycles. The maximum absolute atomic E-state index is 12.0. The summed E-state index contributed by atoms with van der Waals surface area (Å²) in [5.41, 5.74) is 1.96. The molecular weight excluding hydrogens is 244 g/mol. The van der Waals surface area contributed by atoms with Gasteiger partial charge in [0.25, 0.3) is 5.91 Å². The van der Waals surface area contributed by atoms with Crippen LogP contribution in [0.5, 0.6) is 0 Å². The van der Waals surface area contributed by atoms with Crippen molar-refractivity contribution in [2.75, 3.05) is 5.32 Å². The minimum absolute atomic E-state index is 0.227. The van der Waals surface area contributed by atoms with Gasteiger partial charge in [0.15, 0.2) is 0 Å². The average Bonchev–Trinajstić information content (AvgIpc) is 2.75. The fraction of sp³-hybridized carbons (Fsp3) is 0.143. The van der Waals surface area contributed by atoms with Crippen molar-refractivity contribution in [1.29, 1.82) is 0 Å². The van der Waals surface area contributed by atoms with Crippen molar-refractivity contribution in [3.05, 3.63) is 53.3 Å². The van der Waals surface area contributed by atoms with Gasteiger partial charge >= 0.3 is 5.97 Å². The number of carbonyl (C=O) groups excluding carboxylic acids is 1. The number of hydrogen-bond acceptors (Lipinski definition) is 2. The average molecular weight is 258 g/mol. The molecule has 0 bridgehead atoms. The molecule has 1 amide bonds. The molecule has 0 aliphatic heterocycles. The van der Waals surface area contributed by atoms with Crippen molar-refractivity contribution >= 4 is 17.6 Å². The number of aryl methyl sites for hydroxylation is 2. The Labute approximate surface area is 110 Å². The van der Waals surface area contributed by atoms with Crippen LogP contribution < -0.4 is 5.32 Å². The molecule has 1 aromatic carbocycles. The van der Waals surface area contributed by atoms with Crippen molar-refractivity contribution < 1.29 is 14.7 Å². The first kappa shape index (κ1) is 12.9. The number of hydrogen-bond donors (Lipinski definition) is 2. The molecular formula is C14H14N2O3. The van der Waals surface area contributed by atoms with Gasteiger partial charge in [-0.25, -0.2) is 4.79 Å². The SMILES string of the molecule is Cc1cc(NC(=O)c2cccn2C)ccc1C(=O)O. The first-order chi connectivity index (χ1) is 8.99. The normalized spacial score (nSPS) is 10.2. The monoisotopic (exact) mass is 258 g/mol. The van der Waals surface area contributed by atoms with Crippen molar-refractivity contribution in [2.45, 2.75) is 6.92 Å². The summed E-state index contributed by atoms with van der Waals surface area (Å²) in [4.78, 5) is 22.9. The number of anilines is 1. The third-order valence-corrected chi connectivity index (χ3v) is 2.89. The van der Waals surface area contributed by atoms with E-state index < -0.39 is 5.97 Å². The minimum atomic E-state index is -0.974. The third kappa shape index (κ3) is 2.65. The van der Waals surface area contributed by atoms with Gasteiger partial charge in [-0.3, -0.25) is 4.79 Å². The Morgan fingerprint density at radius 1 is 1.26 bits per heavy atom. The van der Waals surface area contributed by atoms with Crippen LogP contribution in [0.2, 0.25) is 0 Å². The summed E-state index contributed by atoms with van der Waals surface area (Å²) >= 11 is 0. The zero-order valence-corrected chi connectivity index (χ0v) is 10.7. The molecule has 5 nitrogen and oxygen atoms in total. The Bertz CT molecular complexity index is 644. The van der Waals surface area contributed by atoms with Crippen molar-refractivity contribution in [3.8, 4) is 0 Å². The number of aromatic carboxylic acids is 1. The topological polar surface area (TPSA) is 71.3 Å². The fourth-order valence-corrected chi connectivity index (χ4v) is 1.87. The molecule has 1 aromatic heterocycles. The van der Waals surface area contributed by atoms with Crippen LogP contribution in [-0.4, -0.2) is 21.6 Å². The molecule has 98 valence electrons. The number of aromatic nitrogens is 1. The summed E-state index contributed by atoms with van der Waals surface area (Å²) in [6, 6.07) is 8.21. The Morgan fingerprint density at radius 2 is 2.00 bits per heavy atom. The van der Waals surface area contributed by atoms with Gasteiger partial charge in [-0.05, 0) is 42.8 Å². The lowest BCUT2D eigenvalue weighted by Crippen LogP contribution is -2.15. The summed E-state index contributed by atoms with van der Waals surface area (Å²) in [5.74, 6) is -1.20. The second kappa shape index (κ2) is 4.97. The van der Waals surface area contributed by atoms with E-state index in [-0.39, 0.29) is 11.5 Å². The van der Waals surface area contributed by atoms with E-state index in [1.165, 1.54) is 6.07 Å². The standard InChI is InChI=1S/C14H14N2O3/c1-9-8-10(5-6-11(9)14(18)19)15-13(17)12-4-3-7-16(12)2/h3-8H,1-2H3,(H,15,17)(H,18,19). The Balaban J connectivity index is 2.21. The molecule has 5 heteroatoms. The van der Waals surface area contributed by atoms with Crippen molar-refractivity contribution in [1.82, 2.24) is 4.57 Å². The van der Waals surface area contributed by atoms with Crippen LogP contribution in [0.15, 0.2) is 36.5 Å². The lowest BCUT2D eigenvalue weighted by Gasteiger charge is -2.08. The van der Waals surface area contributed by atoms with E-state index in [2.05, 4.69) is 5.32 Å². The highest BCUT2D eigenvalue weighted by Crippen LogP contribution is 2.16. The second-order valence-corrected chi connectivity index (χ2v) is 4.29. The highest BCUT2D eigenvalue weighted by atomic mass is 16.4. The van der Waals surface area contributed by atoms with Crippen LogP contribution in [0, 0.1) is 6.92 Å². The molecule has 0 fully saturated rings. The number of nitrogens with zero attached hydrogens (tertiary/aromatic N) is 1. The fourth-order valence-electron chi connectivity index (χ4n) is 1.87. The predicted molar refractivity (Wildman–Crippen MR) is 71.5 cm³/mol. The van der Waals surface area contributed by atoms with E-state index in [0.29, 0.717) is 16.9 Å². The smallest absolute Gasteiger partial charge is 0.335 e. The molecule has 2 rings (SSSR count). The molecule has 0 atom stereocenters. The van der Waals surface area contributed by atoms with E-state index >= 15 is 0 Å². The highest BCUT2D eigenvalue weighted by molar-refractivity contribution is 6.03. The van der Waals surface area contributed by atoms with Gasteiger partial charge in [0.2, 0.25) is 0 Å². The number of carboxylic acids is 1. The first-order valence-corrected chi connectivity index (χ1v) is 5.75. The Kier molecular flexibility index (Phi) is 3.37. The van der Waals surface area contributed by atoms with Gasteiger partial charge < -0.3 is 15.0 Å². The zero-order valence-electron chi connectivity index (χ0n) is 10.7. The lowest BCUT2D eigenvalue weighted by molar-refractivity contribution is 0.0696. The first-order valence-electron chi connectivity index (χ1n) is 5.75. The molecule has 19 heavy (non-hydrogen) atoms. The summed E-state index contributed by atoms with van der Waals surface area (Å²) in [5, 5.41) is 11.7. The van der Waals surface area contributed by atoms with Gasteiger partial charge in [0.1, 0.15) is 5.69 Å². The van der Waals surface area contributed by atoms with Gasteiger partial charge in [-0.2, -0.15) is 0 Å². The van der Waals surface area contributed by atoms with Crippen LogP contribution in [0.4, 0.5) is 5.69 Å². The predicted octanol–water partition coefficient (Wildman–Crippen LogP) is 2.28. The number of rotatable bonds is 3. The number of carboxylic acid groups (broad SMARTS) is 1. The number of benzene rings is 1. The molecule has 0 saturated carbocycles. The van der Waals surface area contributed by atoms with Gasteiger partial charge in [0, 0.05) is 18.9 Å². The van der Waals surface area contributed by atoms with E-state index in [1.54, 1.807) is 49.0 Å². The van der Waals surface area contributed by atoms with Crippen LogP contribution in [0.1, 0.15) is 26.4 Å². The van der Waals surface area contributed by atoms with E-state index in [9.17, 15) is 9.59 Å². The summed E-state index contributed by atoms with van der Waals surface area (Å²) in [6.07, 6.45) is 1.79. The molecule has 2 N–H and O–H groups in total. The summed E-state index contributed by atoms with van der Waals surface area (Å²) in [6.45, 7) is 1.70. The molecule has 0 unspecified atom stereocenters. The van der Waals surface area contributed by atoms with E-state index in [4.69, 9.17) is 5.11 Å². The Hall–Kier alpha value is -2.56. The van der Waals surface area contributed by atoms with E-state index in [1.807, 2.05) is 0 Å². The van der Waals surface area contributed by atoms with Crippen LogP contribution >= 0.6 is 0 Å². The molecule has 1 heterocycles. The quantitative estimate of drug-likeness (QED) is 0.887. The third-order valence-electron chi connectivity index (χ3n) is 2.89. The maximum atomic E-state index is 12.0. The van der Waals surface area contributed by atoms with Gasteiger partial charge in [0.05, 0.1) is 5.56 Å². The summed E-state index contributed by atoms with van der Waals surface area (Å²) < 4.78 is 1.72. The largest absolute Gasteiger partial charge is 0.478 e. The number of amides is 1. The molecule has 0 saturated heterocycles. The van der Waals surface area contributed by atoms with Crippen LogP contribution in [0.25, 0.3) is 0 Å². The second-order valence-electron chi connectivity index (χ2n) is 4.29. The molecule has 0 spiro atoms. The zero-order chi connectivity index (χ0) is 14.0. The van der Waals surface area contributed by atoms with Gasteiger partial charge in [-0.15, -0.1) is 0 Å². The lowest BCUT2D eigenvalue weighted by atomic mass is 10.1. The Morgan fingerprint density at radius 3 is 2.53 bits per heavy atom. The van der Waals surface area contributed by atoms with Crippen molar-refractivity contribution in [2.24, 2.45) is 7.05 Å². The van der Waals surface area contributed by atoms with E-state index in [0.717, 1.165) is 0 Å². The maximum Gasteiger partial charge on any atom is 0.335 e. The van der Waals surface area contributed by atoms with Crippen LogP contribution in [-0.2, 0) is 7.05 Å². The van der Waals surface area contributed by atoms with Crippen LogP contribution in [0.3, 0.4) is 0 Å². The van der Waals surface area contributed by atoms with Gasteiger partial charge in [-0.1, -0.05) is 0 Å². The molecule has 0 aliphatic rings. The minimum Gasteiger partial charge on any atom is -0.478 e. The highest BCUT2D eigenvalue weighted by Gasteiger charge is 2.11. The number of nitrogens with one attached hydrogen (secondary N) is 1. The molecule has 2 aromatic rings. The molecule has 0 radical (unpaired) electrons. The van der Waals surface area contributed by atoms with Crippen molar-refractivity contribution in [3.63, 3.8) is 0 Å². The number of carbonyl (C=O) groups is 2. The summed E-state index contributed by atoms with van der Waals surface area (Å²) in [7, 11) is 1.79.